The molecule has 0 atom stereocenters. The Morgan fingerprint density at radius 3 is 2.48 bits per heavy atom. The predicted molar refractivity (Wildman–Crippen MR) is 94.1 cm³/mol. The van der Waals surface area contributed by atoms with Crippen molar-refractivity contribution < 1.29 is 24.2 Å². The van der Waals surface area contributed by atoms with Crippen LogP contribution in [0.5, 0.6) is 11.5 Å². The number of nitrogens with one attached hydrogen (secondary N) is 1. The van der Waals surface area contributed by atoms with Gasteiger partial charge in [0.2, 0.25) is 0 Å². The standard InChI is InChI=1S/C18H19NO5S/c1-18(2,11-3-4-12-13(9-11)24-8-7-23-12)10-19-16(20)14-5-6-15(25-14)17(21)22/h3-6,9H,7-8,10H2,1-2H3,(H,19,20)(H,21,22). The molecule has 25 heavy (non-hydrogen) atoms. The van der Waals surface area contributed by atoms with E-state index in [4.69, 9.17) is 14.6 Å². The van der Waals surface area contributed by atoms with E-state index in [0.29, 0.717) is 30.4 Å². The monoisotopic (exact) mass is 361 g/mol. The number of thiophene rings is 1. The van der Waals surface area contributed by atoms with Crippen molar-refractivity contribution in [2.45, 2.75) is 19.3 Å². The number of carbonyl (C=O) groups is 2. The number of rotatable bonds is 5. The number of amides is 1. The van der Waals surface area contributed by atoms with Crippen LogP contribution < -0.4 is 14.8 Å². The van der Waals surface area contributed by atoms with E-state index >= 15 is 0 Å². The van der Waals surface area contributed by atoms with E-state index < -0.39 is 5.97 Å². The van der Waals surface area contributed by atoms with Crippen LogP contribution in [0.15, 0.2) is 30.3 Å². The quantitative estimate of drug-likeness (QED) is 0.855. The molecule has 0 radical (unpaired) electrons. The smallest absolute Gasteiger partial charge is 0.345 e. The summed E-state index contributed by atoms with van der Waals surface area (Å²) in [6.07, 6.45) is 0. The van der Waals surface area contributed by atoms with Crippen LogP contribution in [-0.4, -0.2) is 36.7 Å². The highest BCUT2D eigenvalue weighted by molar-refractivity contribution is 7.15. The molecule has 1 aliphatic rings. The average molecular weight is 361 g/mol. The maximum absolute atomic E-state index is 12.3. The lowest BCUT2D eigenvalue weighted by molar-refractivity contribution is 0.0702. The minimum atomic E-state index is -1.03. The molecule has 1 aliphatic heterocycles. The molecule has 0 saturated carbocycles. The zero-order valence-electron chi connectivity index (χ0n) is 14.0. The van der Waals surface area contributed by atoms with Gasteiger partial charge < -0.3 is 19.9 Å². The second-order valence-electron chi connectivity index (χ2n) is 6.39. The lowest BCUT2D eigenvalue weighted by Gasteiger charge is -2.27. The second kappa shape index (κ2) is 6.76. The molecule has 0 saturated heterocycles. The second-order valence-corrected chi connectivity index (χ2v) is 7.48. The van der Waals surface area contributed by atoms with E-state index in [1.807, 2.05) is 32.0 Å². The zero-order valence-corrected chi connectivity index (χ0v) is 14.8. The Balaban J connectivity index is 1.68. The van der Waals surface area contributed by atoms with Gasteiger partial charge in [0.25, 0.3) is 5.91 Å². The number of carboxylic acids is 1. The number of hydrogen-bond acceptors (Lipinski definition) is 5. The highest BCUT2D eigenvalue weighted by Gasteiger charge is 2.25. The van der Waals surface area contributed by atoms with Crippen LogP contribution in [0.1, 0.15) is 38.8 Å². The molecule has 2 N–H and O–H groups in total. The predicted octanol–water partition coefficient (Wildman–Crippen LogP) is 2.93. The van der Waals surface area contributed by atoms with Crippen LogP contribution in [0.25, 0.3) is 0 Å². The summed E-state index contributed by atoms with van der Waals surface area (Å²) in [5.74, 6) is 0.144. The van der Waals surface area contributed by atoms with Crippen molar-refractivity contribution in [3.8, 4) is 11.5 Å². The van der Waals surface area contributed by atoms with Gasteiger partial charge in [-0.2, -0.15) is 0 Å². The Bertz CT molecular complexity index is 812. The Hall–Kier alpha value is -2.54. The molecule has 2 heterocycles. The Labute approximate surface area is 149 Å². The molecule has 1 aromatic carbocycles. The summed E-state index contributed by atoms with van der Waals surface area (Å²) in [4.78, 5) is 23.7. The van der Waals surface area contributed by atoms with Gasteiger partial charge in [0.05, 0.1) is 4.88 Å². The molecule has 3 rings (SSSR count). The Morgan fingerprint density at radius 1 is 1.12 bits per heavy atom. The van der Waals surface area contributed by atoms with Crippen molar-refractivity contribution in [3.63, 3.8) is 0 Å². The average Bonchev–Trinajstić information content (AvgIpc) is 3.10. The largest absolute Gasteiger partial charge is 0.486 e. The lowest BCUT2D eigenvalue weighted by atomic mass is 9.84. The first kappa shape index (κ1) is 17.3. The van der Waals surface area contributed by atoms with Crippen molar-refractivity contribution in [2.75, 3.05) is 19.8 Å². The fourth-order valence-corrected chi connectivity index (χ4v) is 3.29. The Kier molecular flexibility index (Phi) is 4.67. The molecule has 0 spiro atoms. The first-order valence-electron chi connectivity index (χ1n) is 7.88. The fourth-order valence-electron chi connectivity index (χ4n) is 2.53. The molecular weight excluding hydrogens is 342 g/mol. The zero-order chi connectivity index (χ0) is 18.0. The highest BCUT2D eigenvalue weighted by atomic mass is 32.1. The number of fused-ring (bicyclic) bond motifs is 1. The molecule has 0 bridgehead atoms. The molecule has 6 nitrogen and oxygen atoms in total. The first-order chi connectivity index (χ1) is 11.9. The van der Waals surface area contributed by atoms with Gasteiger partial charge >= 0.3 is 5.97 Å². The van der Waals surface area contributed by atoms with Gasteiger partial charge in [-0.3, -0.25) is 4.79 Å². The van der Waals surface area contributed by atoms with Crippen molar-refractivity contribution in [3.05, 3.63) is 45.6 Å². The molecule has 0 aliphatic carbocycles. The maximum atomic E-state index is 12.3. The third-order valence-electron chi connectivity index (χ3n) is 4.06. The molecule has 0 fully saturated rings. The van der Waals surface area contributed by atoms with E-state index in [1.54, 1.807) is 0 Å². The van der Waals surface area contributed by atoms with Crippen molar-refractivity contribution in [2.24, 2.45) is 0 Å². The van der Waals surface area contributed by atoms with Crippen molar-refractivity contribution in [1.29, 1.82) is 0 Å². The normalized spacial score (nSPS) is 13.4. The van der Waals surface area contributed by atoms with Crippen LogP contribution in [-0.2, 0) is 5.41 Å². The van der Waals surface area contributed by atoms with Gasteiger partial charge in [0.1, 0.15) is 18.1 Å². The van der Waals surface area contributed by atoms with Crippen molar-refractivity contribution in [1.82, 2.24) is 5.32 Å². The van der Waals surface area contributed by atoms with Crippen LogP contribution in [0.2, 0.25) is 0 Å². The minimum Gasteiger partial charge on any atom is -0.486 e. The summed E-state index contributed by atoms with van der Waals surface area (Å²) < 4.78 is 11.1. The van der Waals surface area contributed by atoms with Gasteiger partial charge in [-0.25, -0.2) is 4.79 Å². The summed E-state index contributed by atoms with van der Waals surface area (Å²) >= 11 is 0.966. The summed E-state index contributed by atoms with van der Waals surface area (Å²) in [7, 11) is 0. The number of ether oxygens (including phenoxy) is 2. The van der Waals surface area contributed by atoms with Crippen LogP contribution >= 0.6 is 11.3 Å². The number of hydrogen-bond donors (Lipinski definition) is 2. The van der Waals surface area contributed by atoms with E-state index in [2.05, 4.69) is 5.32 Å². The number of benzene rings is 1. The molecule has 2 aromatic rings. The number of carbonyl (C=O) groups excluding carboxylic acids is 1. The summed E-state index contributed by atoms with van der Waals surface area (Å²) in [6.45, 7) is 5.53. The summed E-state index contributed by atoms with van der Waals surface area (Å²) in [5, 5.41) is 11.8. The fraction of sp³-hybridized carbons (Fsp3) is 0.333. The third kappa shape index (κ3) is 3.76. The topological polar surface area (TPSA) is 84.9 Å². The summed E-state index contributed by atoms with van der Waals surface area (Å²) in [6, 6.07) is 8.75. The van der Waals surface area contributed by atoms with Gasteiger partial charge in [-0.1, -0.05) is 19.9 Å². The van der Waals surface area contributed by atoms with Crippen molar-refractivity contribution >= 4 is 23.2 Å². The molecule has 7 heteroatoms. The van der Waals surface area contributed by atoms with Gasteiger partial charge in [0, 0.05) is 12.0 Å². The Morgan fingerprint density at radius 2 is 1.80 bits per heavy atom. The van der Waals surface area contributed by atoms with Gasteiger partial charge in [0.15, 0.2) is 11.5 Å². The van der Waals surface area contributed by atoms with E-state index in [-0.39, 0.29) is 16.2 Å². The lowest BCUT2D eigenvalue weighted by Crippen LogP contribution is -2.36. The van der Waals surface area contributed by atoms with Gasteiger partial charge in [-0.05, 0) is 29.8 Å². The molecule has 1 aromatic heterocycles. The third-order valence-corrected chi connectivity index (χ3v) is 5.13. The van der Waals surface area contributed by atoms with Gasteiger partial charge in [-0.15, -0.1) is 11.3 Å². The summed E-state index contributed by atoms with van der Waals surface area (Å²) in [5.41, 5.74) is 0.702. The molecule has 132 valence electrons. The van der Waals surface area contributed by atoms with Crippen LogP contribution in [0, 0.1) is 0 Å². The van der Waals surface area contributed by atoms with E-state index in [1.165, 1.54) is 12.1 Å². The molecule has 0 unspecified atom stereocenters. The van der Waals surface area contributed by atoms with Crippen LogP contribution in [0.3, 0.4) is 0 Å². The molecular formula is C18H19NO5S. The molecule has 1 amide bonds. The maximum Gasteiger partial charge on any atom is 0.345 e. The minimum absolute atomic E-state index is 0.149. The highest BCUT2D eigenvalue weighted by Crippen LogP contribution is 2.35. The van der Waals surface area contributed by atoms with E-state index in [9.17, 15) is 9.59 Å². The first-order valence-corrected chi connectivity index (χ1v) is 8.70. The van der Waals surface area contributed by atoms with Crippen LogP contribution in [0.4, 0.5) is 0 Å². The number of aromatic carboxylic acids is 1. The van der Waals surface area contributed by atoms with E-state index in [0.717, 1.165) is 22.6 Å². The SMILES string of the molecule is CC(C)(CNC(=O)c1ccc(C(=O)O)s1)c1ccc2c(c1)OCCO2. The number of carboxylic acid groups (broad SMARTS) is 1.